The zero-order valence-electron chi connectivity index (χ0n) is 10.9. The largest absolute Gasteiger partial charge is 0.478 e. The fourth-order valence-electron chi connectivity index (χ4n) is 1.77. The molecular formula is C12H18N4O2. The van der Waals surface area contributed by atoms with Crippen molar-refractivity contribution < 1.29 is 9.90 Å². The molecule has 1 aromatic heterocycles. The lowest BCUT2D eigenvalue weighted by molar-refractivity contribution is 0.0694. The summed E-state index contributed by atoms with van der Waals surface area (Å²) in [6.07, 6.45) is 1.36. The second-order valence-electron chi connectivity index (χ2n) is 4.29. The molecule has 1 unspecified atom stereocenters. The van der Waals surface area contributed by atoms with Gasteiger partial charge in [0.1, 0.15) is 5.56 Å². The standard InChI is InChI=1S/C12H18N4O2/c1-4-16(7-9(2)5-13)8-11-10(12(17)18)6-14-15(11)3/h6,9H,4,7-8H2,1-3H3,(H,17,18). The molecule has 1 aromatic rings. The molecule has 0 fully saturated rings. The number of carbonyl (C=O) groups is 1. The number of nitrogens with zero attached hydrogens (tertiary/aromatic N) is 4. The Balaban J connectivity index is 2.85. The highest BCUT2D eigenvalue weighted by Crippen LogP contribution is 2.12. The second-order valence-corrected chi connectivity index (χ2v) is 4.29. The van der Waals surface area contributed by atoms with Crippen LogP contribution >= 0.6 is 0 Å². The van der Waals surface area contributed by atoms with Crippen molar-refractivity contribution in [1.29, 1.82) is 5.26 Å². The predicted octanol–water partition coefficient (Wildman–Crippen LogP) is 1.10. The summed E-state index contributed by atoms with van der Waals surface area (Å²) in [6, 6.07) is 2.18. The Morgan fingerprint density at radius 3 is 2.89 bits per heavy atom. The van der Waals surface area contributed by atoms with E-state index in [0.29, 0.717) is 18.8 Å². The van der Waals surface area contributed by atoms with E-state index >= 15 is 0 Å². The van der Waals surface area contributed by atoms with Crippen molar-refractivity contribution in [3.8, 4) is 6.07 Å². The minimum atomic E-state index is -0.970. The lowest BCUT2D eigenvalue weighted by atomic mass is 10.1. The zero-order valence-corrected chi connectivity index (χ0v) is 10.9. The zero-order chi connectivity index (χ0) is 13.7. The molecule has 98 valence electrons. The average Bonchev–Trinajstić information content (AvgIpc) is 2.70. The minimum Gasteiger partial charge on any atom is -0.478 e. The van der Waals surface area contributed by atoms with E-state index in [-0.39, 0.29) is 11.5 Å². The summed E-state index contributed by atoms with van der Waals surface area (Å²) in [5.74, 6) is -1.05. The van der Waals surface area contributed by atoms with Gasteiger partial charge in [-0.15, -0.1) is 0 Å². The molecule has 1 N–H and O–H groups in total. The van der Waals surface area contributed by atoms with E-state index in [9.17, 15) is 4.79 Å². The molecule has 6 heteroatoms. The molecule has 6 nitrogen and oxygen atoms in total. The molecule has 1 heterocycles. The van der Waals surface area contributed by atoms with Crippen molar-refractivity contribution in [1.82, 2.24) is 14.7 Å². The Labute approximate surface area is 106 Å². The van der Waals surface area contributed by atoms with Crippen LogP contribution in [0, 0.1) is 17.2 Å². The van der Waals surface area contributed by atoms with E-state index in [1.807, 2.05) is 18.7 Å². The van der Waals surface area contributed by atoms with Gasteiger partial charge < -0.3 is 5.11 Å². The summed E-state index contributed by atoms with van der Waals surface area (Å²) in [5.41, 5.74) is 0.884. The third kappa shape index (κ3) is 3.31. The fourth-order valence-corrected chi connectivity index (χ4v) is 1.77. The molecule has 0 saturated carbocycles. The first-order valence-electron chi connectivity index (χ1n) is 5.85. The van der Waals surface area contributed by atoms with Gasteiger partial charge in [-0.2, -0.15) is 10.4 Å². The molecular weight excluding hydrogens is 232 g/mol. The molecule has 0 aliphatic rings. The molecule has 1 atom stereocenters. The molecule has 0 aliphatic heterocycles. The van der Waals surface area contributed by atoms with Crippen LogP contribution in [0.25, 0.3) is 0 Å². The maximum absolute atomic E-state index is 11.1. The number of carboxylic acids is 1. The van der Waals surface area contributed by atoms with E-state index < -0.39 is 5.97 Å². The number of hydrogen-bond acceptors (Lipinski definition) is 4. The minimum absolute atomic E-state index is 0.0774. The number of carboxylic acid groups (broad SMARTS) is 1. The van der Waals surface area contributed by atoms with Crippen molar-refractivity contribution in [3.05, 3.63) is 17.5 Å². The summed E-state index contributed by atoms with van der Waals surface area (Å²) in [6.45, 7) is 5.71. The number of aryl methyl sites for hydroxylation is 1. The van der Waals surface area contributed by atoms with Crippen molar-refractivity contribution in [2.24, 2.45) is 13.0 Å². The van der Waals surface area contributed by atoms with Crippen molar-refractivity contribution in [3.63, 3.8) is 0 Å². The SMILES string of the molecule is CCN(Cc1c(C(=O)O)cnn1C)CC(C)C#N. The summed E-state index contributed by atoms with van der Waals surface area (Å²) in [4.78, 5) is 13.1. The first kappa shape index (κ1) is 14.2. The van der Waals surface area contributed by atoms with Crippen LogP contribution in [0.5, 0.6) is 0 Å². The topological polar surface area (TPSA) is 82.2 Å². The molecule has 0 spiro atoms. The van der Waals surface area contributed by atoms with Gasteiger partial charge in [-0.3, -0.25) is 9.58 Å². The molecule has 0 aromatic carbocycles. The number of nitriles is 1. The first-order valence-corrected chi connectivity index (χ1v) is 5.85. The van der Waals surface area contributed by atoms with Gasteiger partial charge in [0.25, 0.3) is 0 Å². The highest BCUT2D eigenvalue weighted by molar-refractivity contribution is 5.88. The van der Waals surface area contributed by atoms with Gasteiger partial charge in [0, 0.05) is 20.1 Å². The summed E-state index contributed by atoms with van der Waals surface area (Å²) < 4.78 is 1.57. The molecule has 0 amide bonds. The summed E-state index contributed by atoms with van der Waals surface area (Å²) in [7, 11) is 1.73. The quantitative estimate of drug-likeness (QED) is 0.817. The van der Waals surface area contributed by atoms with Crippen LogP contribution < -0.4 is 0 Å². The lowest BCUT2D eigenvalue weighted by Crippen LogP contribution is -2.29. The van der Waals surface area contributed by atoms with Gasteiger partial charge in [-0.1, -0.05) is 6.92 Å². The van der Waals surface area contributed by atoms with Gasteiger partial charge in [-0.25, -0.2) is 4.79 Å². The number of rotatable bonds is 6. The number of aromatic nitrogens is 2. The van der Waals surface area contributed by atoms with Crippen LogP contribution in [-0.2, 0) is 13.6 Å². The monoisotopic (exact) mass is 250 g/mol. The van der Waals surface area contributed by atoms with Gasteiger partial charge in [0.15, 0.2) is 0 Å². The highest BCUT2D eigenvalue weighted by Gasteiger charge is 2.18. The Bertz CT molecular complexity index is 461. The summed E-state index contributed by atoms with van der Waals surface area (Å²) >= 11 is 0. The number of aromatic carboxylic acids is 1. The third-order valence-corrected chi connectivity index (χ3v) is 2.87. The van der Waals surface area contributed by atoms with E-state index in [1.165, 1.54) is 6.20 Å². The van der Waals surface area contributed by atoms with E-state index in [2.05, 4.69) is 11.2 Å². The molecule has 0 aliphatic carbocycles. The Morgan fingerprint density at radius 1 is 1.72 bits per heavy atom. The van der Waals surface area contributed by atoms with Crippen LogP contribution in [-0.4, -0.2) is 38.8 Å². The summed E-state index contributed by atoms with van der Waals surface area (Å²) in [5, 5.41) is 21.9. The molecule has 0 bridgehead atoms. The van der Waals surface area contributed by atoms with Crippen LogP contribution in [0.15, 0.2) is 6.20 Å². The normalized spacial score (nSPS) is 12.4. The highest BCUT2D eigenvalue weighted by atomic mass is 16.4. The second kappa shape index (κ2) is 6.17. The Morgan fingerprint density at radius 2 is 2.39 bits per heavy atom. The van der Waals surface area contributed by atoms with Crippen molar-refractivity contribution in [2.45, 2.75) is 20.4 Å². The smallest absolute Gasteiger partial charge is 0.339 e. The Hall–Kier alpha value is -1.87. The van der Waals surface area contributed by atoms with E-state index in [0.717, 1.165) is 6.54 Å². The van der Waals surface area contributed by atoms with Crippen LogP contribution in [0.3, 0.4) is 0 Å². The molecule has 1 rings (SSSR count). The van der Waals surface area contributed by atoms with Crippen LogP contribution in [0.4, 0.5) is 0 Å². The van der Waals surface area contributed by atoms with E-state index in [4.69, 9.17) is 10.4 Å². The van der Waals surface area contributed by atoms with Crippen molar-refractivity contribution >= 4 is 5.97 Å². The van der Waals surface area contributed by atoms with Gasteiger partial charge in [0.05, 0.1) is 23.9 Å². The molecule has 0 radical (unpaired) electrons. The molecule has 0 saturated heterocycles. The Kier molecular flexibility index (Phi) is 4.86. The van der Waals surface area contributed by atoms with Gasteiger partial charge in [0.2, 0.25) is 0 Å². The van der Waals surface area contributed by atoms with Gasteiger partial charge in [-0.05, 0) is 13.5 Å². The van der Waals surface area contributed by atoms with Crippen LogP contribution in [0.2, 0.25) is 0 Å². The average molecular weight is 250 g/mol. The first-order chi connectivity index (χ1) is 8.49. The maximum atomic E-state index is 11.1. The lowest BCUT2D eigenvalue weighted by Gasteiger charge is -2.21. The number of hydrogen-bond donors (Lipinski definition) is 1. The fraction of sp³-hybridized carbons (Fsp3) is 0.583. The van der Waals surface area contributed by atoms with Crippen LogP contribution in [0.1, 0.15) is 29.9 Å². The molecule has 18 heavy (non-hydrogen) atoms. The van der Waals surface area contributed by atoms with E-state index in [1.54, 1.807) is 11.7 Å². The van der Waals surface area contributed by atoms with Crippen molar-refractivity contribution in [2.75, 3.05) is 13.1 Å². The maximum Gasteiger partial charge on any atom is 0.339 e. The third-order valence-electron chi connectivity index (χ3n) is 2.87. The van der Waals surface area contributed by atoms with Gasteiger partial charge >= 0.3 is 5.97 Å². The predicted molar refractivity (Wildman–Crippen MR) is 65.9 cm³/mol.